The molecule has 0 radical (unpaired) electrons. The lowest BCUT2D eigenvalue weighted by molar-refractivity contribution is 0.0600. The van der Waals surface area contributed by atoms with Gasteiger partial charge in [0.15, 0.2) is 0 Å². The Balaban J connectivity index is 1.82. The molecule has 0 bridgehead atoms. The number of methoxy groups -OCH3 is 2. The molecule has 0 spiro atoms. The van der Waals surface area contributed by atoms with Crippen LogP contribution < -0.4 is 15.6 Å². The first-order valence-electron chi connectivity index (χ1n) is 7.78. The van der Waals surface area contributed by atoms with Gasteiger partial charge >= 0.3 is 5.97 Å². The average molecular weight is 355 g/mol. The second-order valence-electron chi connectivity index (χ2n) is 5.51. The van der Waals surface area contributed by atoms with Crippen LogP contribution in [0.5, 0.6) is 5.75 Å². The highest BCUT2D eigenvalue weighted by molar-refractivity contribution is 6.05. The van der Waals surface area contributed by atoms with E-state index >= 15 is 0 Å². The van der Waals surface area contributed by atoms with Gasteiger partial charge in [0.25, 0.3) is 11.5 Å². The number of amides is 1. The second-order valence-corrected chi connectivity index (χ2v) is 5.51. The molecule has 26 heavy (non-hydrogen) atoms. The third-order valence-electron chi connectivity index (χ3n) is 3.99. The summed E-state index contributed by atoms with van der Waals surface area (Å²) in [5, 5.41) is 8.24. The number of H-pyrrole nitrogens is 2. The molecule has 0 saturated carbocycles. The maximum Gasteiger partial charge on any atom is 0.337 e. The molecule has 1 aromatic heterocycles. The molecule has 3 aromatic rings. The van der Waals surface area contributed by atoms with Gasteiger partial charge in [-0.3, -0.25) is 19.8 Å². The minimum atomic E-state index is -0.475. The molecule has 8 nitrogen and oxygen atoms in total. The van der Waals surface area contributed by atoms with E-state index in [2.05, 4.69) is 20.3 Å². The highest BCUT2D eigenvalue weighted by Gasteiger charge is 2.15. The summed E-state index contributed by atoms with van der Waals surface area (Å²) in [7, 11) is 2.77. The van der Waals surface area contributed by atoms with E-state index in [9.17, 15) is 14.4 Å². The van der Waals surface area contributed by atoms with Gasteiger partial charge in [-0.25, -0.2) is 4.79 Å². The van der Waals surface area contributed by atoms with E-state index in [0.29, 0.717) is 27.8 Å². The van der Waals surface area contributed by atoms with E-state index in [1.807, 2.05) is 0 Å². The van der Waals surface area contributed by atoms with E-state index in [0.717, 1.165) is 0 Å². The highest BCUT2D eigenvalue weighted by Crippen LogP contribution is 2.21. The van der Waals surface area contributed by atoms with Crippen molar-refractivity contribution >= 4 is 22.8 Å². The summed E-state index contributed by atoms with van der Waals surface area (Å²) in [4.78, 5) is 36.0. The Bertz CT molecular complexity index is 1030. The summed E-state index contributed by atoms with van der Waals surface area (Å²) >= 11 is 0. The van der Waals surface area contributed by atoms with E-state index < -0.39 is 5.97 Å². The Morgan fingerprint density at radius 2 is 1.92 bits per heavy atom. The minimum absolute atomic E-state index is 0.169. The van der Waals surface area contributed by atoms with Crippen LogP contribution in [0.15, 0.2) is 41.2 Å². The lowest BCUT2D eigenvalue weighted by atomic mass is 10.1. The number of fused-ring (bicyclic) bond motifs is 1. The van der Waals surface area contributed by atoms with Gasteiger partial charge in [0.2, 0.25) is 0 Å². The van der Waals surface area contributed by atoms with Gasteiger partial charge in [-0.05, 0) is 24.3 Å². The summed E-state index contributed by atoms with van der Waals surface area (Å²) < 4.78 is 9.95. The Kier molecular flexibility index (Phi) is 4.74. The van der Waals surface area contributed by atoms with Gasteiger partial charge < -0.3 is 14.8 Å². The number of esters is 1. The molecule has 2 aromatic carbocycles. The van der Waals surface area contributed by atoms with Gasteiger partial charge in [0, 0.05) is 12.1 Å². The summed E-state index contributed by atoms with van der Waals surface area (Å²) in [6.45, 7) is 0.169. The summed E-state index contributed by atoms with van der Waals surface area (Å²) in [6, 6.07) is 9.79. The molecule has 0 fully saturated rings. The number of aromatic nitrogens is 2. The number of hydrogen-bond donors (Lipinski definition) is 3. The van der Waals surface area contributed by atoms with Crippen molar-refractivity contribution in [3.63, 3.8) is 0 Å². The molecule has 0 atom stereocenters. The first-order valence-corrected chi connectivity index (χ1v) is 7.78. The second kappa shape index (κ2) is 7.14. The van der Waals surface area contributed by atoms with E-state index in [4.69, 9.17) is 4.74 Å². The molecule has 1 amide bonds. The van der Waals surface area contributed by atoms with Crippen molar-refractivity contribution in [3.8, 4) is 5.75 Å². The van der Waals surface area contributed by atoms with Gasteiger partial charge in [-0.1, -0.05) is 12.1 Å². The number of nitrogens with one attached hydrogen (secondary N) is 3. The molecule has 8 heteroatoms. The van der Waals surface area contributed by atoms with Crippen molar-refractivity contribution in [3.05, 3.63) is 63.4 Å². The molecule has 1 heterocycles. The number of ether oxygens (including phenoxy) is 2. The van der Waals surface area contributed by atoms with E-state index in [-0.39, 0.29) is 23.6 Å². The van der Waals surface area contributed by atoms with Gasteiger partial charge in [0.05, 0.1) is 36.2 Å². The number of aromatic amines is 2. The van der Waals surface area contributed by atoms with Crippen LogP contribution in [0.4, 0.5) is 0 Å². The molecule has 0 aliphatic rings. The molecule has 0 aliphatic heterocycles. The van der Waals surface area contributed by atoms with Crippen LogP contribution >= 0.6 is 0 Å². The monoisotopic (exact) mass is 355 g/mol. The van der Waals surface area contributed by atoms with Crippen molar-refractivity contribution in [2.75, 3.05) is 14.2 Å². The van der Waals surface area contributed by atoms with Crippen LogP contribution in [0.2, 0.25) is 0 Å². The summed E-state index contributed by atoms with van der Waals surface area (Å²) in [5.74, 6) is -0.414. The largest absolute Gasteiger partial charge is 0.496 e. The molecule has 0 unspecified atom stereocenters. The number of rotatable bonds is 5. The van der Waals surface area contributed by atoms with Gasteiger partial charge in [-0.15, -0.1) is 0 Å². The maximum absolute atomic E-state index is 12.5. The normalized spacial score (nSPS) is 10.5. The Morgan fingerprint density at radius 3 is 2.65 bits per heavy atom. The van der Waals surface area contributed by atoms with Crippen molar-refractivity contribution < 1.29 is 19.1 Å². The van der Waals surface area contributed by atoms with Crippen molar-refractivity contribution in [2.24, 2.45) is 0 Å². The van der Waals surface area contributed by atoms with Crippen LogP contribution in [-0.4, -0.2) is 36.3 Å². The lowest BCUT2D eigenvalue weighted by Gasteiger charge is -2.11. The number of hydrogen-bond acceptors (Lipinski definition) is 5. The molecular formula is C18H17N3O5. The smallest absolute Gasteiger partial charge is 0.337 e. The topological polar surface area (TPSA) is 113 Å². The van der Waals surface area contributed by atoms with E-state index in [1.54, 1.807) is 36.4 Å². The molecule has 0 saturated heterocycles. The minimum Gasteiger partial charge on any atom is -0.496 e. The SMILES string of the molecule is COC(=O)c1ccc(CNC(=O)c2cccc3[nH][nH]c(=O)c23)c(OC)c1. The molecule has 3 rings (SSSR count). The maximum atomic E-state index is 12.5. The van der Waals surface area contributed by atoms with E-state index in [1.165, 1.54) is 14.2 Å². The predicted molar refractivity (Wildman–Crippen MR) is 94.4 cm³/mol. The zero-order valence-corrected chi connectivity index (χ0v) is 14.2. The lowest BCUT2D eigenvalue weighted by Crippen LogP contribution is -2.24. The Hall–Kier alpha value is -3.55. The standard InChI is InChI=1S/C18H17N3O5/c1-25-14-8-10(18(24)26-2)6-7-11(14)9-19-16(22)12-4-3-5-13-15(12)17(23)21-20-13/h3-8H,9H2,1-2H3,(H,19,22)(H2,20,21,23). The Labute approximate surface area is 148 Å². The predicted octanol–water partition coefficient (Wildman–Crippen LogP) is 1.58. The fraction of sp³-hybridized carbons (Fsp3) is 0.167. The van der Waals surface area contributed by atoms with Crippen LogP contribution in [0.25, 0.3) is 10.9 Å². The zero-order chi connectivity index (χ0) is 18.7. The number of carbonyl (C=O) groups excluding carboxylic acids is 2. The first-order chi connectivity index (χ1) is 12.5. The highest BCUT2D eigenvalue weighted by atomic mass is 16.5. The zero-order valence-electron chi connectivity index (χ0n) is 14.2. The summed E-state index contributed by atoms with van der Waals surface area (Å²) in [5.41, 5.74) is 1.51. The average Bonchev–Trinajstić information content (AvgIpc) is 3.06. The quantitative estimate of drug-likeness (QED) is 0.602. The van der Waals surface area contributed by atoms with Crippen molar-refractivity contribution in [2.45, 2.75) is 6.54 Å². The number of carbonyl (C=O) groups is 2. The van der Waals surface area contributed by atoms with Crippen molar-refractivity contribution in [1.29, 1.82) is 0 Å². The van der Waals surface area contributed by atoms with Crippen molar-refractivity contribution in [1.82, 2.24) is 15.5 Å². The first kappa shape index (κ1) is 17.3. The van der Waals surface area contributed by atoms with Gasteiger partial charge in [0.1, 0.15) is 5.75 Å². The van der Waals surface area contributed by atoms with Crippen LogP contribution in [0.3, 0.4) is 0 Å². The fourth-order valence-electron chi connectivity index (χ4n) is 2.68. The van der Waals surface area contributed by atoms with Crippen LogP contribution in [0.1, 0.15) is 26.3 Å². The molecule has 0 aliphatic carbocycles. The molecule has 134 valence electrons. The molecule has 3 N–H and O–H groups in total. The molecular weight excluding hydrogens is 338 g/mol. The van der Waals surface area contributed by atoms with Gasteiger partial charge in [-0.2, -0.15) is 0 Å². The summed E-state index contributed by atoms with van der Waals surface area (Å²) in [6.07, 6.45) is 0. The van der Waals surface area contributed by atoms with Crippen LogP contribution in [0, 0.1) is 0 Å². The third kappa shape index (κ3) is 3.16. The fourth-order valence-corrected chi connectivity index (χ4v) is 2.68. The Morgan fingerprint density at radius 1 is 1.12 bits per heavy atom. The van der Waals surface area contributed by atoms with Crippen LogP contribution in [-0.2, 0) is 11.3 Å². The number of benzene rings is 2. The third-order valence-corrected chi connectivity index (χ3v) is 3.99.